The second kappa shape index (κ2) is 11.5. The number of benzene rings is 2. The number of rotatable bonds is 9. The molecule has 0 radical (unpaired) electrons. The van der Waals surface area contributed by atoms with Crippen LogP contribution in [0.3, 0.4) is 0 Å². The SMILES string of the molecule is C=CC(=O)N1CC[C@@H](N(C)c2nnc(C(N)=O)c(Nc3ccc(C(=O)OCc4ccccc4)cc3)n2)[C@H]1C. The second-order valence-electron chi connectivity index (χ2n) is 8.88. The lowest BCUT2D eigenvalue weighted by atomic mass is 10.1. The molecule has 11 nitrogen and oxygen atoms in total. The molecule has 0 bridgehead atoms. The molecule has 38 heavy (non-hydrogen) atoms. The summed E-state index contributed by atoms with van der Waals surface area (Å²) < 4.78 is 5.37. The molecule has 2 atom stereocenters. The van der Waals surface area contributed by atoms with Gasteiger partial charge >= 0.3 is 5.97 Å². The van der Waals surface area contributed by atoms with Crippen molar-refractivity contribution in [2.24, 2.45) is 5.73 Å². The molecular formula is C27H29N7O4. The van der Waals surface area contributed by atoms with E-state index in [-0.39, 0.29) is 42.1 Å². The number of anilines is 3. The van der Waals surface area contributed by atoms with Gasteiger partial charge in [0.05, 0.1) is 11.6 Å². The van der Waals surface area contributed by atoms with Gasteiger partial charge in [0, 0.05) is 25.3 Å². The summed E-state index contributed by atoms with van der Waals surface area (Å²) in [6, 6.07) is 15.8. The van der Waals surface area contributed by atoms with Crippen LogP contribution in [0.4, 0.5) is 17.5 Å². The molecule has 0 saturated carbocycles. The largest absolute Gasteiger partial charge is 0.457 e. The van der Waals surface area contributed by atoms with Gasteiger partial charge in [-0.1, -0.05) is 36.9 Å². The van der Waals surface area contributed by atoms with E-state index in [1.165, 1.54) is 6.08 Å². The van der Waals surface area contributed by atoms with E-state index < -0.39 is 11.9 Å². The molecule has 1 aromatic heterocycles. The van der Waals surface area contributed by atoms with E-state index in [9.17, 15) is 14.4 Å². The molecule has 2 amide bonds. The van der Waals surface area contributed by atoms with E-state index in [1.807, 2.05) is 49.2 Å². The molecule has 3 aromatic rings. The minimum atomic E-state index is -0.792. The number of carbonyl (C=O) groups excluding carboxylic acids is 3. The van der Waals surface area contributed by atoms with E-state index in [0.717, 1.165) is 5.56 Å². The summed E-state index contributed by atoms with van der Waals surface area (Å²) in [6.07, 6.45) is 2.01. The van der Waals surface area contributed by atoms with Crippen molar-refractivity contribution < 1.29 is 19.1 Å². The van der Waals surface area contributed by atoms with E-state index in [1.54, 1.807) is 29.2 Å². The minimum Gasteiger partial charge on any atom is -0.457 e. The van der Waals surface area contributed by atoms with Gasteiger partial charge in [0.15, 0.2) is 11.5 Å². The summed E-state index contributed by atoms with van der Waals surface area (Å²) in [6.45, 7) is 6.27. The molecule has 1 aliphatic rings. The maximum atomic E-state index is 12.4. The Kier molecular flexibility index (Phi) is 7.95. The predicted octanol–water partition coefficient (Wildman–Crippen LogP) is 2.68. The number of esters is 1. The normalized spacial score (nSPS) is 16.5. The molecule has 2 aromatic carbocycles. The molecule has 0 aliphatic carbocycles. The van der Waals surface area contributed by atoms with Crippen LogP contribution in [0.5, 0.6) is 0 Å². The third-order valence-corrected chi connectivity index (χ3v) is 6.49. The molecule has 2 heterocycles. The van der Waals surface area contributed by atoms with Crippen molar-refractivity contribution in [2.75, 3.05) is 23.8 Å². The first-order valence-corrected chi connectivity index (χ1v) is 12.1. The number of amides is 2. The summed E-state index contributed by atoms with van der Waals surface area (Å²) in [5, 5.41) is 11.1. The van der Waals surface area contributed by atoms with E-state index in [4.69, 9.17) is 10.5 Å². The predicted molar refractivity (Wildman–Crippen MR) is 142 cm³/mol. The number of likely N-dealkylation sites (tertiary alicyclic amines) is 1. The molecular weight excluding hydrogens is 486 g/mol. The third-order valence-electron chi connectivity index (χ3n) is 6.49. The Morgan fingerprint density at radius 3 is 2.53 bits per heavy atom. The summed E-state index contributed by atoms with van der Waals surface area (Å²) in [4.78, 5) is 44.6. The molecule has 11 heteroatoms. The van der Waals surface area contributed by atoms with E-state index in [2.05, 4.69) is 27.1 Å². The maximum absolute atomic E-state index is 12.4. The monoisotopic (exact) mass is 515 g/mol. The molecule has 196 valence electrons. The Morgan fingerprint density at radius 1 is 1.16 bits per heavy atom. The van der Waals surface area contributed by atoms with Crippen LogP contribution in [0.1, 0.15) is 39.8 Å². The fourth-order valence-corrected chi connectivity index (χ4v) is 4.37. The maximum Gasteiger partial charge on any atom is 0.338 e. The number of likely N-dealkylation sites (N-methyl/N-ethyl adjacent to an activating group) is 1. The molecule has 0 spiro atoms. The Morgan fingerprint density at radius 2 is 1.87 bits per heavy atom. The fraction of sp³-hybridized carbons (Fsp3) is 0.259. The van der Waals surface area contributed by atoms with Crippen LogP contribution in [0.2, 0.25) is 0 Å². The zero-order valence-electron chi connectivity index (χ0n) is 21.2. The highest BCUT2D eigenvalue weighted by molar-refractivity contribution is 5.96. The van der Waals surface area contributed by atoms with Crippen molar-refractivity contribution in [3.05, 3.63) is 84.1 Å². The third kappa shape index (κ3) is 5.77. The van der Waals surface area contributed by atoms with Crippen LogP contribution in [-0.2, 0) is 16.1 Å². The van der Waals surface area contributed by atoms with Crippen LogP contribution < -0.4 is 16.0 Å². The average molecular weight is 516 g/mol. The molecule has 1 fully saturated rings. The number of nitrogens with one attached hydrogen (secondary N) is 1. The standard InChI is InChI=1S/C27H29N7O4/c1-4-22(35)34-15-14-21(17(34)2)33(3)27-30-25(23(24(28)36)31-32-27)29-20-12-10-19(11-13-20)26(37)38-16-18-8-6-5-7-9-18/h4-13,17,21H,1,14-16H2,2-3H3,(H2,28,36)(H,29,30,32)/t17-,21-/m1/s1. The van der Waals surface area contributed by atoms with Gasteiger partial charge in [-0.3, -0.25) is 9.59 Å². The molecule has 4 rings (SSSR count). The molecule has 3 N–H and O–H groups in total. The van der Waals surface area contributed by atoms with Gasteiger partial charge in [-0.25, -0.2) is 4.79 Å². The lowest BCUT2D eigenvalue weighted by Gasteiger charge is -2.30. The van der Waals surface area contributed by atoms with Crippen molar-refractivity contribution in [3.8, 4) is 0 Å². The zero-order chi connectivity index (χ0) is 27.2. The number of primary amides is 1. The van der Waals surface area contributed by atoms with Gasteiger partial charge in [0.1, 0.15) is 6.61 Å². The van der Waals surface area contributed by atoms with Gasteiger partial charge < -0.3 is 25.6 Å². The first kappa shape index (κ1) is 26.3. The van der Waals surface area contributed by atoms with Gasteiger partial charge in [0.2, 0.25) is 11.9 Å². The van der Waals surface area contributed by atoms with Crippen LogP contribution in [0.25, 0.3) is 0 Å². The lowest BCUT2D eigenvalue weighted by Crippen LogP contribution is -2.44. The number of ether oxygens (including phenoxy) is 1. The van der Waals surface area contributed by atoms with E-state index in [0.29, 0.717) is 24.2 Å². The summed E-state index contributed by atoms with van der Waals surface area (Å²) >= 11 is 0. The number of hydrogen-bond donors (Lipinski definition) is 2. The van der Waals surface area contributed by atoms with Crippen LogP contribution in [0.15, 0.2) is 67.3 Å². The average Bonchev–Trinajstić information content (AvgIpc) is 3.32. The highest BCUT2D eigenvalue weighted by Gasteiger charge is 2.36. The molecule has 1 saturated heterocycles. The van der Waals surface area contributed by atoms with Gasteiger partial charge in [-0.2, -0.15) is 4.98 Å². The Hall–Kier alpha value is -4.80. The van der Waals surface area contributed by atoms with Crippen molar-refractivity contribution in [1.29, 1.82) is 0 Å². The van der Waals surface area contributed by atoms with Crippen LogP contribution >= 0.6 is 0 Å². The quantitative estimate of drug-likeness (QED) is 0.325. The number of hydrogen-bond acceptors (Lipinski definition) is 9. The van der Waals surface area contributed by atoms with Gasteiger partial charge in [-0.15, -0.1) is 10.2 Å². The fourth-order valence-electron chi connectivity index (χ4n) is 4.37. The number of nitrogens with zero attached hydrogens (tertiary/aromatic N) is 5. The van der Waals surface area contributed by atoms with Crippen LogP contribution in [0, 0.1) is 0 Å². The molecule has 0 unspecified atom stereocenters. The van der Waals surface area contributed by atoms with Crippen molar-refractivity contribution in [3.63, 3.8) is 0 Å². The summed E-state index contributed by atoms with van der Waals surface area (Å²) in [5.74, 6) is -0.992. The van der Waals surface area contributed by atoms with Crippen molar-refractivity contribution in [2.45, 2.75) is 32.0 Å². The summed E-state index contributed by atoms with van der Waals surface area (Å²) in [7, 11) is 1.81. The Bertz CT molecular complexity index is 1330. The highest BCUT2D eigenvalue weighted by Crippen LogP contribution is 2.26. The highest BCUT2D eigenvalue weighted by atomic mass is 16.5. The first-order chi connectivity index (χ1) is 18.3. The van der Waals surface area contributed by atoms with Crippen molar-refractivity contribution in [1.82, 2.24) is 20.1 Å². The van der Waals surface area contributed by atoms with Gasteiger partial charge in [-0.05, 0) is 49.2 Å². The zero-order valence-corrected chi connectivity index (χ0v) is 21.2. The van der Waals surface area contributed by atoms with E-state index >= 15 is 0 Å². The minimum absolute atomic E-state index is 0.0610. The first-order valence-electron chi connectivity index (χ1n) is 12.1. The van der Waals surface area contributed by atoms with Crippen LogP contribution in [-0.4, -0.2) is 63.5 Å². The van der Waals surface area contributed by atoms with Gasteiger partial charge in [0.25, 0.3) is 5.91 Å². The summed E-state index contributed by atoms with van der Waals surface area (Å²) in [5.41, 5.74) is 7.19. The number of nitrogens with two attached hydrogens (primary N) is 1. The van der Waals surface area contributed by atoms with Crippen molar-refractivity contribution >= 4 is 35.2 Å². The topological polar surface area (TPSA) is 144 Å². The second-order valence-corrected chi connectivity index (χ2v) is 8.88. The Balaban J connectivity index is 1.48. The number of aromatic nitrogens is 3. The number of carbonyl (C=O) groups is 3. The lowest BCUT2D eigenvalue weighted by molar-refractivity contribution is -0.126. The Labute approximate surface area is 220 Å². The molecule has 1 aliphatic heterocycles. The smallest absolute Gasteiger partial charge is 0.338 e.